The highest BCUT2D eigenvalue weighted by molar-refractivity contribution is 6.08. The maximum atomic E-state index is 6.17. The lowest BCUT2D eigenvalue weighted by atomic mass is 9.73. The molecule has 1 heterocycles. The van der Waals surface area contributed by atoms with E-state index in [0.717, 1.165) is 39.0 Å². The standard InChI is InChI=1S/C49H29NO/c1-2-10-32(11-3-1)50(34-25-27-46-42(29-34)37-13-5-7-19-45(37)51-46)33-23-20-30(21-24-33)31-22-26-36-39-15-9-17-41-40-16-8-14-38-35-12-4-6-18-43(35)49(47(38)40,48(39)41)44(36)28-31/h1-29H. The summed E-state index contributed by atoms with van der Waals surface area (Å²) in [6.07, 6.45) is 0. The molecule has 1 atom stereocenters. The van der Waals surface area contributed by atoms with Gasteiger partial charge < -0.3 is 9.32 Å². The molecule has 12 rings (SSSR count). The van der Waals surface area contributed by atoms with Gasteiger partial charge in [0.2, 0.25) is 0 Å². The molecule has 0 fully saturated rings. The number of hydrogen-bond acceptors (Lipinski definition) is 2. The SMILES string of the molecule is c1ccc(N(c2ccc(-c3ccc4c(c3)C35c6ccccc6-c6cccc(c63)-c3cccc-4c35)cc2)c2ccc3oc4ccccc4c3c2)cc1. The lowest BCUT2D eigenvalue weighted by Gasteiger charge is -2.28. The molecule has 3 aliphatic carbocycles. The molecule has 0 amide bonds. The summed E-state index contributed by atoms with van der Waals surface area (Å²) in [5.41, 5.74) is 21.2. The minimum atomic E-state index is -0.278. The molecule has 9 aromatic rings. The molecule has 236 valence electrons. The van der Waals surface area contributed by atoms with Gasteiger partial charge in [-0.3, -0.25) is 0 Å². The maximum absolute atomic E-state index is 6.17. The Kier molecular flexibility index (Phi) is 5.20. The van der Waals surface area contributed by atoms with E-state index in [1.165, 1.54) is 66.8 Å². The Balaban J connectivity index is 1.01. The number of anilines is 3. The van der Waals surface area contributed by atoms with Gasteiger partial charge in [0, 0.05) is 27.8 Å². The van der Waals surface area contributed by atoms with Crippen molar-refractivity contribution in [3.63, 3.8) is 0 Å². The summed E-state index contributed by atoms with van der Waals surface area (Å²) in [7, 11) is 0. The molecule has 8 aromatic carbocycles. The highest BCUT2D eigenvalue weighted by Crippen LogP contribution is 2.70. The van der Waals surface area contributed by atoms with Crippen molar-refractivity contribution < 1.29 is 4.42 Å². The molecule has 0 radical (unpaired) electrons. The van der Waals surface area contributed by atoms with Crippen LogP contribution in [0.5, 0.6) is 0 Å². The van der Waals surface area contributed by atoms with Gasteiger partial charge in [0.25, 0.3) is 0 Å². The summed E-state index contributed by atoms with van der Waals surface area (Å²) in [6, 6.07) is 64.5. The fourth-order valence-electron chi connectivity index (χ4n) is 9.61. The van der Waals surface area contributed by atoms with Gasteiger partial charge in [-0.25, -0.2) is 0 Å². The van der Waals surface area contributed by atoms with Crippen molar-refractivity contribution in [3.05, 3.63) is 198 Å². The third kappa shape index (κ3) is 3.42. The Labute approximate surface area is 295 Å². The third-order valence-electron chi connectivity index (χ3n) is 11.6. The van der Waals surface area contributed by atoms with E-state index in [-0.39, 0.29) is 5.41 Å². The smallest absolute Gasteiger partial charge is 0.135 e. The van der Waals surface area contributed by atoms with Crippen LogP contribution in [-0.2, 0) is 5.41 Å². The second-order valence-corrected chi connectivity index (χ2v) is 14.0. The normalized spacial score (nSPS) is 15.5. The number of fused-ring (bicyclic) bond motifs is 8. The Morgan fingerprint density at radius 3 is 1.71 bits per heavy atom. The van der Waals surface area contributed by atoms with E-state index in [4.69, 9.17) is 4.42 Å². The van der Waals surface area contributed by atoms with E-state index in [1.54, 1.807) is 0 Å². The Morgan fingerprint density at radius 2 is 0.922 bits per heavy atom. The number of hydrogen-bond donors (Lipinski definition) is 0. The van der Waals surface area contributed by atoms with Crippen molar-refractivity contribution in [2.24, 2.45) is 0 Å². The van der Waals surface area contributed by atoms with Crippen molar-refractivity contribution in [3.8, 4) is 44.5 Å². The number of rotatable bonds is 4. The molecule has 0 bridgehead atoms. The van der Waals surface area contributed by atoms with Crippen LogP contribution in [-0.4, -0.2) is 0 Å². The van der Waals surface area contributed by atoms with Crippen LogP contribution in [0.1, 0.15) is 22.3 Å². The lowest BCUT2D eigenvalue weighted by molar-refractivity contribution is 0.669. The van der Waals surface area contributed by atoms with E-state index in [9.17, 15) is 0 Å². The van der Waals surface area contributed by atoms with Gasteiger partial charge in [0.15, 0.2) is 0 Å². The predicted molar refractivity (Wildman–Crippen MR) is 209 cm³/mol. The molecule has 3 aliphatic rings. The first-order chi connectivity index (χ1) is 25.3. The van der Waals surface area contributed by atoms with E-state index in [1.807, 2.05) is 12.1 Å². The third-order valence-corrected chi connectivity index (χ3v) is 11.6. The minimum Gasteiger partial charge on any atom is -0.456 e. The molecule has 0 aliphatic heterocycles. The topological polar surface area (TPSA) is 16.4 Å². The highest BCUT2D eigenvalue weighted by Gasteiger charge is 2.57. The minimum absolute atomic E-state index is 0.278. The molecule has 1 spiro atoms. The molecule has 0 N–H and O–H groups in total. The Hall–Kier alpha value is -6.64. The zero-order valence-electron chi connectivity index (χ0n) is 27.6. The van der Waals surface area contributed by atoms with Crippen LogP contribution in [0.2, 0.25) is 0 Å². The van der Waals surface area contributed by atoms with Crippen LogP contribution in [0.25, 0.3) is 66.4 Å². The molecule has 2 nitrogen and oxygen atoms in total. The number of benzene rings is 8. The molecule has 51 heavy (non-hydrogen) atoms. The second-order valence-electron chi connectivity index (χ2n) is 14.0. The van der Waals surface area contributed by atoms with Crippen LogP contribution in [0.3, 0.4) is 0 Å². The van der Waals surface area contributed by atoms with E-state index >= 15 is 0 Å². The summed E-state index contributed by atoms with van der Waals surface area (Å²) in [4.78, 5) is 2.33. The average Bonchev–Trinajstić information content (AvgIpc) is 3.90. The van der Waals surface area contributed by atoms with Gasteiger partial charge in [-0.2, -0.15) is 0 Å². The fraction of sp³-hybridized carbons (Fsp3) is 0.0204. The van der Waals surface area contributed by atoms with Crippen molar-refractivity contribution in [2.75, 3.05) is 4.90 Å². The van der Waals surface area contributed by atoms with Gasteiger partial charge in [-0.1, -0.05) is 121 Å². The maximum Gasteiger partial charge on any atom is 0.135 e. The molecular weight excluding hydrogens is 619 g/mol. The summed E-state index contributed by atoms with van der Waals surface area (Å²) in [6.45, 7) is 0. The zero-order valence-corrected chi connectivity index (χ0v) is 27.6. The van der Waals surface area contributed by atoms with Crippen LogP contribution in [0.15, 0.2) is 180 Å². The Morgan fingerprint density at radius 1 is 0.353 bits per heavy atom. The van der Waals surface area contributed by atoms with Crippen molar-refractivity contribution in [1.29, 1.82) is 0 Å². The van der Waals surface area contributed by atoms with E-state index in [2.05, 4.69) is 169 Å². The van der Waals surface area contributed by atoms with Gasteiger partial charge in [0.05, 0.1) is 5.41 Å². The molecule has 1 aromatic heterocycles. The van der Waals surface area contributed by atoms with Crippen molar-refractivity contribution in [1.82, 2.24) is 0 Å². The zero-order chi connectivity index (χ0) is 33.3. The molecule has 0 saturated carbocycles. The fourth-order valence-corrected chi connectivity index (χ4v) is 9.61. The first-order valence-electron chi connectivity index (χ1n) is 17.7. The average molecular weight is 648 g/mol. The van der Waals surface area contributed by atoms with Crippen LogP contribution < -0.4 is 4.90 Å². The van der Waals surface area contributed by atoms with Crippen LogP contribution in [0.4, 0.5) is 17.1 Å². The van der Waals surface area contributed by atoms with Crippen molar-refractivity contribution >= 4 is 39.0 Å². The molecule has 1 unspecified atom stereocenters. The lowest BCUT2D eigenvalue weighted by Crippen LogP contribution is -2.23. The summed E-state index contributed by atoms with van der Waals surface area (Å²) < 4.78 is 6.17. The molecule has 2 heteroatoms. The highest BCUT2D eigenvalue weighted by atomic mass is 16.3. The summed E-state index contributed by atoms with van der Waals surface area (Å²) >= 11 is 0. The number of para-hydroxylation sites is 2. The molecular formula is C49H29NO. The van der Waals surface area contributed by atoms with E-state index < -0.39 is 0 Å². The van der Waals surface area contributed by atoms with Gasteiger partial charge in [-0.15, -0.1) is 0 Å². The first kappa shape index (κ1) is 27.2. The number of nitrogens with zero attached hydrogens (tertiary/aromatic N) is 1. The predicted octanol–water partition coefficient (Wildman–Crippen LogP) is 13.0. The van der Waals surface area contributed by atoms with Crippen molar-refractivity contribution in [2.45, 2.75) is 5.41 Å². The largest absolute Gasteiger partial charge is 0.456 e. The molecule has 0 saturated heterocycles. The monoisotopic (exact) mass is 647 g/mol. The summed E-state index contributed by atoms with van der Waals surface area (Å²) in [5.74, 6) is 0. The van der Waals surface area contributed by atoms with Crippen LogP contribution >= 0.6 is 0 Å². The number of furan rings is 1. The quantitative estimate of drug-likeness (QED) is 0.189. The Bertz CT molecular complexity index is 2880. The van der Waals surface area contributed by atoms with E-state index in [0.29, 0.717) is 0 Å². The summed E-state index contributed by atoms with van der Waals surface area (Å²) in [5, 5.41) is 2.25. The van der Waals surface area contributed by atoms with Gasteiger partial charge >= 0.3 is 0 Å². The first-order valence-corrected chi connectivity index (χ1v) is 17.7. The van der Waals surface area contributed by atoms with Gasteiger partial charge in [0.1, 0.15) is 11.2 Å². The van der Waals surface area contributed by atoms with Gasteiger partial charge in [-0.05, 0) is 121 Å². The second kappa shape index (κ2) is 9.74. The van der Waals surface area contributed by atoms with Crippen LogP contribution in [0, 0.1) is 0 Å².